The largest absolute Gasteiger partial charge is 0.508 e. The van der Waals surface area contributed by atoms with E-state index >= 15 is 0 Å². The fourth-order valence-corrected chi connectivity index (χ4v) is 3.18. The fourth-order valence-electron chi connectivity index (χ4n) is 3.18. The third kappa shape index (κ3) is 10.1. The molecule has 1 fully saturated rings. The number of benzene rings is 1. The van der Waals surface area contributed by atoms with E-state index in [2.05, 4.69) is 16.0 Å². The zero-order valence-corrected chi connectivity index (χ0v) is 17.3. The smallest absolute Gasteiger partial charge is 0.255 e. The first-order valence-corrected chi connectivity index (χ1v) is 9.41. The van der Waals surface area contributed by atoms with E-state index in [1.165, 1.54) is 50.3 Å². The Balaban J connectivity index is 0.00000338. The van der Waals surface area contributed by atoms with E-state index in [9.17, 15) is 15.0 Å². The van der Waals surface area contributed by atoms with Gasteiger partial charge in [-0.15, -0.1) is 24.8 Å². The SMILES string of the molecule is Cl.Cl.O=C(NCCCCNCCNC1CCCCC1)c1ccc(O)cc1O. The molecule has 0 unspecified atom stereocenters. The maximum atomic E-state index is 11.9. The van der Waals surface area contributed by atoms with Gasteiger partial charge in [0.05, 0.1) is 5.56 Å². The fraction of sp³-hybridized carbons (Fsp3) is 0.632. The highest BCUT2D eigenvalue weighted by Gasteiger charge is 2.12. The molecule has 0 heterocycles. The molecule has 1 saturated carbocycles. The number of phenols is 2. The summed E-state index contributed by atoms with van der Waals surface area (Å²) in [5, 5.41) is 28.7. The lowest BCUT2D eigenvalue weighted by Crippen LogP contribution is -2.36. The van der Waals surface area contributed by atoms with Gasteiger partial charge in [0.15, 0.2) is 0 Å². The van der Waals surface area contributed by atoms with E-state index in [0.29, 0.717) is 12.6 Å². The number of hydrogen-bond acceptors (Lipinski definition) is 5. The molecular formula is C19H33Cl2N3O3. The Hall–Kier alpha value is -1.21. The van der Waals surface area contributed by atoms with Gasteiger partial charge in [-0.05, 0) is 44.4 Å². The molecule has 0 atom stereocenters. The summed E-state index contributed by atoms with van der Waals surface area (Å²) < 4.78 is 0. The molecule has 1 aliphatic carbocycles. The molecule has 0 aliphatic heterocycles. The number of nitrogens with one attached hydrogen (secondary N) is 3. The summed E-state index contributed by atoms with van der Waals surface area (Å²) in [6.07, 6.45) is 8.61. The maximum Gasteiger partial charge on any atom is 0.255 e. The van der Waals surface area contributed by atoms with Crippen molar-refractivity contribution >= 4 is 30.7 Å². The predicted molar refractivity (Wildman–Crippen MR) is 114 cm³/mol. The lowest BCUT2D eigenvalue weighted by Gasteiger charge is -2.22. The zero-order chi connectivity index (χ0) is 17.9. The maximum absolute atomic E-state index is 11.9. The molecule has 1 aromatic rings. The highest BCUT2D eigenvalue weighted by molar-refractivity contribution is 5.96. The topological polar surface area (TPSA) is 93.6 Å². The number of unbranched alkanes of at least 4 members (excludes halogenated alkanes) is 1. The number of amides is 1. The van der Waals surface area contributed by atoms with Gasteiger partial charge >= 0.3 is 0 Å². The molecule has 0 saturated heterocycles. The first-order valence-electron chi connectivity index (χ1n) is 9.41. The van der Waals surface area contributed by atoms with Crippen molar-refractivity contribution in [1.29, 1.82) is 0 Å². The second kappa shape index (κ2) is 14.8. The van der Waals surface area contributed by atoms with Crippen molar-refractivity contribution in [3.8, 4) is 11.5 Å². The number of carbonyl (C=O) groups is 1. The van der Waals surface area contributed by atoms with Crippen LogP contribution in [0.3, 0.4) is 0 Å². The quantitative estimate of drug-likeness (QED) is 0.374. The minimum atomic E-state index is -0.317. The lowest BCUT2D eigenvalue weighted by molar-refractivity contribution is 0.0950. The van der Waals surface area contributed by atoms with Gasteiger partial charge in [0.2, 0.25) is 0 Å². The molecular weight excluding hydrogens is 389 g/mol. The van der Waals surface area contributed by atoms with Crippen LogP contribution in [0.25, 0.3) is 0 Å². The van der Waals surface area contributed by atoms with Crippen molar-refractivity contribution < 1.29 is 15.0 Å². The Morgan fingerprint density at radius 2 is 1.67 bits per heavy atom. The molecule has 0 spiro atoms. The molecule has 27 heavy (non-hydrogen) atoms. The van der Waals surface area contributed by atoms with Crippen molar-refractivity contribution in [2.75, 3.05) is 26.2 Å². The summed E-state index contributed by atoms with van der Waals surface area (Å²) in [6.45, 7) is 3.50. The van der Waals surface area contributed by atoms with Crippen molar-refractivity contribution in [1.82, 2.24) is 16.0 Å². The summed E-state index contributed by atoms with van der Waals surface area (Å²) in [7, 11) is 0. The second-order valence-corrected chi connectivity index (χ2v) is 6.70. The lowest BCUT2D eigenvalue weighted by atomic mass is 9.95. The third-order valence-electron chi connectivity index (χ3n) is 4.63. The molecule has 0 aromatic heterocycles. The Morgan fingerprint density at radius 3 is 2.37 bits per heavy atom. The Morgan fingerprint density at radius 1 is 0.963 bits per heavy atom. The minimum absolute atomic E-state index is 0. The summed E-state index contributed by atoms with van der Waals surface area (Å²) in [6, 6.07) is 4.68. The van der Waals surface area contributed by atoms with E-state index in [-0.39, 0.29) is 47.8 Å². The number of rotatable bonds is 10. The molecule has 2 rings (SSSR count). The highest BCUT2D eigenvalue weighted by atomic mass is 35.5. The average Bonchev–Trinajstić information content (AvgIpc) is 2.61. The molecule has 1 aliphatic rings. The number of halogens is 2. The Labute approximate surface area is 174 Å². The van der Waals surface area contributed by atoms with Gasteiger partial charge in [-0.2, -0.15) is 0 Å². The van der Waals surface area contributed by atoms with Crippen LogP contribution < -0.4 is 16.0 Å². The van der Waals surface area contributed by atoms with Gasteiger partial charge in [-0.3, -0.25) is 4.79 Å². The van der Waals surface area contributed by atoms with Crippen LogP contribution in [0.4, 0.5) is 0 Å². The predicted octanol–water partition coefficient (Wildman–Crippen LogP) is 2.96. The molecule has 6 nitrogen and oxygen atoms in total. The van der Waals surface area contributed by atoms with E-state index in [0.717, 1.165) is 32.5 Å². The molecule has 1 amide bonds. The molecule has 0 radical (unpaired) electrons. The number of carbonyl (C=O) groups excluding carboxylic acids is 1. The first-order chi connectivity index (χ1) is 12.2. The van der Waals surface area contributed by atoms with E-state index in [1.54, 1.807) is 0 Å². The molecule has 8 heteroatoms. The van der Waals surface area contributed by atoms with Crippen LogP contribution in [0, 0.1) is 0 Å². The van der Waals surface area contributed by atoms with Gasteiger partial charge in [0, 0.05) is 31.7 Å². The Bertz CT molecular complexity index is 541. The summed E-state index contributed by atoms with van der Waals surface area (Å²) in [5.74, 6) is -0.579. The number of aromatic hydroxyl groups is 2. The van der Waals surface area contributed by atoms with E-state index < -0.39 is 0 Å². The van der Waals surface area contributed by atoms with Crippen LogP contribution in [-0.2, 0) is 0 Å². The zero-order valence-electron chi connectivity index (χ0n) is 15.7. The average molecular weight is 422 g/mol. The second-order valence-electron chi connectivity index (χ2n) is 6.70. The van der Waals surface area contributed by atoms with Crippen LogP contribution in [-0.4, -0.2) is 48.3 Å². The summed E-state index contributed by atoms with van der Waals surface area (Å²) in [5.41, 5.74) is 0.185. The molecule has 1 aromatic carbocycles. The summed E-state index contributed by atoms with van der Waals surface area (Å²) >= 11 is 0. The van der Waals surface area contributed by atoms with E-state index in [1.807, 2.05) is 0 Å². The molecule has 156 valence electrons. The molecule has 5 N–H and O–H groups in total. The van der Waals surface area contributed by atoms with Gasteiger partial charge in [-0.1, -0.05) is 19.3 Å². The third-order valence-corrected chi connectivity index (χ3v) is 4.63. The van der Waals surface area contributed by atoms with Crippen LogP contribution in [0.2, 0.25) is 0 Å². The van der Waals surface area contributed by atoms with E-state index in [4.69, 9.17) is 0 Å². The summed E-state index contributed by atoms with van der Waals surface area (Å²) in [4.78, 5) is 11.9. The van der Waals surface area contributed by atoms with Crippen LogP contribution >= 0.6 is 24.8 Å². The standard InChI is InChI=1S/C19H31N3O3.2ClH/c23-16-8-9-17(18(24)14-16)19(25)22-11-5-4-10-20-12-13-21-15-6-2-1-3-7-15;;/h8-9,14-15,20-21,23-24H,1-7,10-13H2,(H,22,25);2*1H. The first kappa shape index (κ1) is 25.8. The normalized spacial score (nSPS) is 14.1. The molecule has 0 bridgehead atoms. The van der Waals surface area contributed by atoms with Gasteiger partial charge in [-0.25, -0.2) is 0 Å². The van der Waals surface area contributed by atoms with Crippen molar-refractivity contribution in [3.63, 3.8) is 0 Å². The van der Waals surface area contributed by atoms with Gasteiger partial charge in [0.25, 0.3) is 5.91 Å². The van der Waals surface area contributed by atoms with Crippen molar-refractivity contribution in [3.05, 3.63) is 23.8 Å². The van der Waals surface area contributed by atoms with Gasteiger partial charge in [0.1, 0.15) is 11.5 Å². The van der Waals surface area contributed by atoms with Crippen LogP contribution in [0.15, 0.2) is 18.2 Å². The number of hydrogen-bond donors (Lipinski definition) is 5. The minimum Gasteiger partial charge on any atom is -0.508 e. The van der Waals surface area contributed by atoms with Crippen LogP contribution in [0.5, 0.6) is 11.5 Å². The highest BCUT2D eigenvalue weighted by Crippen LogP contribution is 2.22. The number of phenolic OH excluding ortho intramolecular Hbond substituents is 2. The van der Waals surface area contributed by atoms with Crippen molar-refractivity contribution in [2.45, 2.75) is 51.0 Å². The monoisotopic (exact) mass is 421 g/mol. The van der Waals surface area contributed by atoms with Crippen molar-refractivity contribution in [2.24, 2.45) is 0 Å². The van der Waals surface area contributed by atoms with Gasteiger partial charge < -0.3 is 26.2 Å². The van der Waals surface area contributed by atoms with Crippen LogP contribution in [0.1, 0.15) is 55.3 Å². The Kier molecular flexibility index (Phi) is 14.1.